The Bertz CT molecular complexity index is 563. The molecule has 3 N–H and O–H groups in total. The lowest BCUT2D eigenvalue weighted by atomic mass is 9.86. The average Bonchev–Trinajstić information content (AvgIpc) is 2.41. The molecule has 0 bridgehead atoms. The fourth-order valence-corrected chi connectivity index (χ4v) is 2.63. The molecular formula is C17H25FN2O3. The van der Waals surface area contributed by atoms with E-state index in [-0.39, 0.29) is 12.2 Å². The van der Waals surface area contributed by atoms with Crippen molar-refractivity contribution in [1.29, 1.82) is 0 Å². The molecule has 0 aromatic heterocycles. The third-order valence-electron chi connectivity index (χ3n) is 3.74. The molecule has 0 radical (unpaired) electrons. The molecule has 1 heterocycles. The van der Waals surface area contributed by atoms with E-state index in [9.17, 15) is 14.3 Å². The van der Waals surface area contributed by atoms with Crippen LogP contribution in [-0.4, -0.2) is 35.5 Å². The quantitative estimate of drug-likeness (QED) is 0.799. The van der Waals surface area contributed by atoms with Gasteiger partial charge in [-0.1, -0.05) is 0 Å². The lowest BCUT2D eigenvalue weighted by Crippen LogP contribution is -2.43. The Labute approximate surface area is 136 Å². The molecule has 0 unspecified atom stereocenters. The van der Waals surface area contributed by atoms with Crippen LogP contribution < -0.4 is 10.6 Å². The van der Waals surface area contributed by atoms with Crippen molar-refractivity contribution in [3.63, 3.8) is 0 Å². The first-order valence-electron chi connectivity index (χ1n) is 7.88. The molecule has 2 rings (SSSR count). The normalized spacial score (nSPS) is 17.6. The number of carbonyl (C=O) groups excluding carboxylic acids is 1. The van der Waals surface area contributed by atoms with E-state index >= 15 is 0 Å². The number of rotatable bonds is 3. The highest BCUT2D eigenvalue weighted by Crippen LogP contribution is 2.26. The van der Waals surface area contributed by atoms with E-state index < -0.39 is 17.3 Å². The minimum atomic E-state index is -0.906. The van der Waals surface area contributed by atoms with Crippen LogP contribution in [-0.2, 0) is 11.2 Å². The summed E-state index contributed by atoms with van der Waals surface area (Å²) < 4.78 is 19.2. The van der Waals surface area contributed by atoms with Gasteiger partial charge >= 0.3 is 6.09 Å². The van der Waals surface area contributed by atoms with Crippen molar-refractivity contribution in [2.75, 3.05) is 18.4 Å². The summed E-state index contributed by atoms with van der Waals surface area (Å²) in [7, 11) is 0. The highest BCUT2D eigenvalue weighted by atomic mass is 19.1. The van der Waals surface area contributed by atoms with Gasteiger partial charge in [-0.2, -0.15) is 0 Å². The maximum atomic E-state index is 14.0. The standard InChI is InChI=1S/C17H25FN2O3/c1-16(2,3)23-15(21)20-13-4-5-14(18)12(10-13)11-17(22)6-8-19-9-7-17/h4-5,10,19,22H,6-9,11H2,1-3H3,(H,20,21). The summed E-state index contributed by atoms with van der Waals surface area (Å²) in [6.07, 6.45) is 0.798. The number of hydrogen-bond acceptors (Lipinski definition) is 4. The largest absolute Gasteiger partial charge is 0.444 e. The van der Waals surface area contributed by atoms with E-state index in [1.807, 2.05) is 0 Å². The Morgan fingerprint density at radius 1 is 1.39 bits per heavy atom. The zero-order valence-corrected chi connectivity index (χ0v) is 13.9. The van der Waals surface area contributed by atoms with Crippen LogP contribution >= 0.6 is 0 Å². The SMILES string of the molecule is CC(C)(C)OC(=O)Nc1ccc(F)c(CC2(O)CCNCC2)c1. The van der Waals surface area contributed by atoms with Crippen molar-refractivity contribution in [3.8, 4) is 0 Å². The fourth-order valence-electron chi connectivity index (χ4n) is 2.63. The molecule has 1 aromatic carbocycles. The monoisotopic (exact) mass is 324 g/mol. The molecule has 0 spiro atoms. The lowest BCUT2D eigenvalue weighted by molar-refractivity contribution is 0.0102. The molecule has 1 amide bonds. The van der Waals surface area contributed by atoms with Gasteiger partial charge < -0.3 is 15.2 Å². The van der Waals surface area contributed by atoms with E-state index in [0.717, 1.165) is 0 Å². The first kappa shape index (κ1) is 17.7. The number of nitrogens with one attached hydrogen (secondary N) is 2. The van der Waals surface area contributed by atoms with Gasteiger partial charge in [0.15, 0.2) is 0 Å². The Balaban J connectivity index is 2.08. The molecule has 23 heavy (non-hydrogen) atoms. The van der Waals surface area contributed by atoms with Gasteiger partial charge in [-0.25, -0.2) is 9.18 Å². The van der Waals surface area contributed by atoms with Crippen molar-refractivity contribution in [2.45, 2.75) is 51.2 Å². The molecule has 1 aliphatic rings. The van der Waals surface area contributed by atoms with Gasteiger partial charge in [-0.05, 0) is 70.5 Å². The van der Waals surface area contributed by atoms with E-state index in [1.54, 1.807) is 26.8 Å². The van der Waals surface area contributed by atoms with E-state index in [2.05, 4.69) is 10.6 Å². The van der Waals surface area contributed by atoms with Crippen LogP contribution in [0, 0.1) is 5.82 Å². The highest BCUT2D eigenvalue weighted by molar-refractivity contribution is 5.84. The van der Waals surface area contributed by atoms with Crippen LogP contribution in [0.15, 0.2) is 18.2 Å². The molecule has 1 aliphatic heterocycles. The molecule has 1 saturated heterocycles. The zero-order valence-electron chi connectivity index (χ0n) is 13.9. The minimum absolute atomic E-state index is 0.227. The average molecular weight is 324 g/mol. The number of piperidine rings is 1. The third-order valence-corrected chi connectivity index (χ3v) is 3.74. The summed E-state index contributed by atoms with van der Waals surface area (Å²) in [6.45, 7) is 6.75. The second kappa shape index (κ2) is 6.84. The summed E-state index contributed by atoms with van der Waals surface area (Å²) in [5.74, 6) is -0.383. The van der Waals surface area contributed by atoms with Crippen LogP contribution in [0.25, 0.3) is 0 Å². The molecule has 0 aliphatic carbocycles. The molecule has 1 fully saturated rings. The predicted octanol–water partition coefficient (Wildman–Crippen LogP) is 2.83. The number of amides is 1. The van der Waals surface area contributed by atoms with Gasteiger partial charge in [0, 0.05) is 12.1 Å². The number of ether oxygens (including phenoxy) is 1. The zero-order chi connectivity index (χ0) is 17.1. The van der Waals surface area contributed by atoms with Crippen molar-refractivity contribution in [3.05, 3.63) is 29.6 Å². The van der Waals surface area contributed by atoms with Crippen molar-refractivity contribution < 1.29 is 19.0 Å². The first-order chi connectivity index (χ1) is 10.7. The van der Waals surface area contributed by atoms with Crippen LogP contribution in [0.5, 0.6) is 0 Å². The summed E-state index contributed by atoms with van der Waals surface area (Å²) in [5, 5.41) is 16.3. The summed E-state index contributed by atoms with van der Waals surface area (Å²) in [5.41, 5.74) is -0.662. The fraction of sp³-hybridized carbons (Fsp3) is 0.588. The Kier molecular flexibility index (Phi) is 5.26. The minimum Gasteiger partial charge on any atom is -0.444 e. The van der Waals surface area contributed by atoms with Crippen molar-refractivity contribution >= 4 is 11.8 Å². The maximum absolute atomic E-state index is 14.0. The van der Waals surface area contributed by atoms with Gasteiger partial charge in [-0.15, -0.1) is 0 Å². The van der Waals surface area contributed by atoms with Crippen LogP contribution in [0.3, 0.4) is 0 Å². The molecule has 0 atom stereocenters. The van der Waals surface area contributed by atoms with E-state index in [1.165, 1.54) is 12.1 Å². The van der Waals surface area contributed by atoms with Gasteiger partial charge in [0.2, 0.25) is 0 Å². The number of anilines is 1. The number of hydrogen-bond donors (Lipinski definition) is 3. The number of halogens is 1. The lowest BCUT2D eigenvalue weighted by Gasteiger charge is -2.32. The number of carbonyl (C=O) groups is 1. The van der Waals surface area contributed by atoms with Gasteiger partial charge in [0.1, 0.15) is 11.4 Å². The molecule has 5 nitrogen and oxygen atoms in total. The summed E-state index contributed by atoms with van der Waals surface area (Å²) in [6, 6.07) is 4.33. The topological polar surface area (TPSA) is 70.6 Å². The predicted molar refractivity (Wildman–Crippen MR) is 87.0 cm³/mol. The van der Waals surface area contributed by atoms with Gasteiger partial charge in [0.05, 0.1) is 5.60 Å². The summed E-state index contributed by atoms with van der Waals surface area (Å²) in [4.78, 5) is 11.8. The van der Waals surface area contributed by atoms with Crippen LogP contribution in [0.2, 0.25) is 0 Å². The Hall–Kier alpha value is -1.66. The van der Waals surface area contributed by atoms with Gasteiger partial charge in [0.25, 0.3) is 0 Å². The molecule has 1 aromatic rings. The third kappa shape index (κ3) is 5.48. The smallest absolute Gasteiger partial charge is 0.412 e. The first-order valence-corrected chi connectivity index (χ1v) is 7.88. The second-order valence-corrected chi connectivity index (χ2v) is 7.08. The second-order valence-electron chi connectivity index (χ2n) is 7.08. The molecular weight excluding hydrogens is 299 g/mol. The van der Waals surface area contributed by atoms with Crippen molar-refractivity contribution in [2.24, 2.45) is 0 Å². The van der Waals surface area contributed by atoms with Crippen LogP contribution in [0.4, 0.5) is 14.9 Å². The molecule has 6 heteroatoms. The van der Waals surface area contributed by atoms with Crippen molar-refractivity contribution in [1.82, 2.24) is 5.32 Å². The summed E-state index contributed by atoms with van der Waals surface area (Å²) >= 11 is 0. The molecule has 0 saturated carbocycles. The maximum Gasteiger partial charge on any atom is 0.412 e. The Morgan fingerprint density at radius 2 is 2.04 bits per heavy atom. The Morgan fingerprint density at radius 3 is 2.65 bits per heavy atom. The highest BCUT2D eigenvalue weighted by Gasteiger charge is 2.30. The molecule has 128 valence electrons. The van der Waals surface area contributed by atoms with Gasteiger partial charge in [-0.3, -0.25) is 5.32 Å². The van der Waals surface area contributed by atoms with E-state index in [4.69, 9.17) is 4.74 Å². The van der Waals surface area contributed by atoms with Crippen LogP contribution in [0.1, 0.15) is 39.2 Å². The van der Waals surface area contributed by atoms with E-state index in [0.29, 0.717) is 37.2 Å². The number of aliphatic hydroxyl groups is 1. The number of benzene rings is 1.